The zero-order valence-electron chi connectivity index (χ0n) is 18.1. The van der Waals surface area contributed by atoms with Crippen LogP contribution in [-0.4, -0.2) is 47.2 Å². The molecule has 0 aliphatic carbocycles. The number of anilines is 1. The van der Waals surface area contributed by atoms with Crippen LogP contribution in [0.1, 0.15) is 32.0 Å². The van der Waals surface area contributed by atoms with Gasteiger partial charge in [-0.05, 0) is 31.4 Å². The van der Waals surface area contributed by atoms with Crippen LogP contribution in [0.15, 0.2) is 49.2 Å². The Labute approximate surface area is 191 Å². The van der Waals surface area contributed by atoms with Gasteiger partial charge in [-0.25, -0.2) is 9.97 Å². The van der Waals surface area contributed by atoms with Gasteiger partial charge in [0.1, 0.15) is 29.1 Å². The Morgan fingerprint density at radius 2 is 2.06 bits per heavy atom. The molecule has 174 valence electrons. The number of hydrogen-bond donors (Lipinski definition) is 0. The van der Waals surface area contributed by atoms with Gasteiger partial charge in [-0.15, -0.1) is 23.4 Å². The zero-order chi connectivity index (χ0) is 23.5. The van der Waals surface area contributed by atoms with Gasteiger partial charge in [0.25, 0.3) is 0 Å². The molecule has 4 aromatic rings. The van der Waals surface area contributed by atoms with Crippen LogP contribution in [0.4, 0.5) is 19.0 Å². The van der Waals surface area contributed by atoms with Gasteiger partial charge in [0.15, 0.2) is 11.6 Å². The predicted molar refractivity (Wildman–Crippen MR) is 115 cm³/mol. The number of hydrogen-bond acceptors (Lipinski definition) is 7. The third-order valence-corrected chi connectivity index (χ3v) is 6.47. The molecule has 12 heteroatoms. The molecule has 1 aromatic carbocycles. The van der Waals surface area contributed by atoms with E-state index in [9.17, 15) is 13.2 Å². The van der Waals surface area contributed by atoms with Crippen molar-refractivity contribution >= 4 is 5.82 Å². The minimum absolute atomic E-state index is 0.282. The summed E-state index contributed by atoms with van der Waals surface area (Å²) in [5, 5.41) is 8.55. The lowest BCUT2D eigenvalue weighted by atomic mass is 9.90. The summed E-state index contributed by atoms with van der Waals surface area (Å²) in [6.45, 7) is 2.96. The average molecular weight is 468 g/mol. The second kappa shape index (κ2) is 7.27. The van der Waals surface area contributed by atoms with Crippen molar-refractivity contribution < 1.29 is 17.9 Å². The van der Waals surface area contributed by atoms with E-state index in [1.807, 2.05) is 4.57 Å². The highest BCUT2D eigenvalue weighted by Crippen LogP contribution is 2.48. The van der Waals surface area contributed by atoms with Gasteiger partial charge in [0, 0.05) is 24.5 Å². The van der Waals surface area contributed by atoms with Gasteiger partial charge in [-0.2, -0.15) is 4.98 Å². The molecule has 1 atom stereocenters. The molecule has 5 heterocycles. The quantitative estimate of drug-likeness (QED) is 0.447. The highest BCUT2D eigenvalue weighted by molar-refractivity contribution is 5.65. The first-order valence-corrected chi connectivity index (χ1v) is 10.8. The molecule has 6 rings (SSSR count). The minimum atomic E-state index is -4.78. The SMILES string of the molecule is CCC12CCCN1c1nc(-n3ccnc3-c3cccc(OC(F)(F)F)c3)ncc1-n1cnnc12. The third-order valence-electron chi connectivity index (χ3n) is 6.47. The van der Waals surface area contributed by atoms with Crippen molar-refractivity contribution in [3.8, 4) is 28.8 Å². The number of alkyl halides is 3. The van der Waals surface area contributed by atoms with E-state index in [-0.39, 0.29) is 11.3 Å². The number of aromatic nitrogens is 7. The van der Waals surface area contributed by atoms with Gasteiger partial charge in [-0.1, -0.05) is 19.1 Å². The summed E-state index contributed by atoms with van der Waals surface area (Å²) in [5.41, 5.74) is 0.950. The maximum absolute atomic E-state index is 12.7. The molecule has 0 amide bonds. The van der Waals surface area contributed by atoms with Gasteiger partial charge in [0.2, 0.25) is 5.95 Å². The topological polar surface area (TPSA) is 86.8 Å². The molecule has 0 bridgehead atoms. The summed E-state index contributed by atoms with van der Waals surface area (Å²) in [6, 6.07) is 5.67. The van der Waals surface area contributed by atoms with Crippen molar-refractivity contribution in [2.75, 3.05) is 11.4 Å². The Morgan fingerprint density at radius 3 is 2.88 bits per heavy atom. The highest BCUT2D eigenvalue weighted by atomic mass is 19.4. The van der Waals surface area contributed by atoms with Gasteiger partial charge < -0.3 is 9.64 Å². The summed E-state index contributed by atoms with van der Waals surface area (Å²) >= 11 is 0. The normalized spacial score (nSPS) is 19.0. The Balaban J connectivity index is 1.44. The lowest BCUT2D eigenvalue weighted by molar-refractivity contribution is -0.274. The number of imidazole rings is 1. The first-order chi connectivity index (χ1) is 16.4. The second-order valence-electron chi connectivity index (χ2n) is 8.24. The predicted octanol–water partition coefficient (Wildman–Crippen LogP) is 4.03. The Bertz CT molecular complexity index is 1380. The molecule has 0 spiro atoms. The Hall–Kier alpha value is -3.96. The molecule has 0 N–H and O–H groups in total. The fourth-order valence-corrected chi connectivity index (χ4v) is 5.03. The van der Waals surface area contributed by atoms with Crippen LogP contribution in [0, 0.1) is 0 Å². The van der Waals surface area contributed by atoms with Crippen molar-refractivity contribution in [3.63, 3.8) is 0 Å². The fraction of sp³-hybridized carbons (Fsp3) is 0.318. The molecule has 2 aliphatic rings. The zero-order valence-corrected chi connectivity index (χ0v) is 18.1. The number of ether oxygens (including phenoxy) is 1. The first kappa shape index (κ1) is 20.6. The minimum Gasteiger partial charge on any atom is -0.406 e. The van der Waals surface area contributed by atoms with Crippen LogP contribution in [0.25, 0.3) is 23.0 Å². The largest absolute Gasteiger partial charge is 0.573 e. The number of fused-ring (bicyclic) bond motifs is 6. The van der Waals surface area contributed by atoms with Crippen LogP contribution < -0.4 is 9.64 Å². The van der Waals surface area contributed by atoms with E-state index in [1.165, 1.54) is 18.2 Å². The van der Waals surface area contributed by atoms with E-state index in [0.29, 0.717) is 17.3 Å². The van der Waals surface area contributed by atoms with Crippen molar-refractivity contribution in [2.45, 2.75) is 38.1 Å². The summed E-state index contributed by atoms with van der Waals surface area (Å²) < 4.78 is 45.7. The molecule has 9 nitrogen and oxygen atoms in total. The number of nitrogens with zero attached hydrogens (tertiary/aromatic N) is 8. The monoisotopic (exact) mass is 468 g/mol. The number of halogens is 3. The summed E-state index contributed by atoms with van der Waals surface area (Å²) in [6.07, 6.45) is 4.66. The van der Waals surface area contributed by atoms with Gasteiger partial charge in [0.05, 0.1) is 6.20 Å². The molecule has 0 radical (unpaired) electrons. The Morgan fingerprint density at radius 1 is 1.18 bits per heavy atom. The van der Waals surface area contributed by atoms with E-state index < -0.39 is 6.36 Å². The van der Waals surface area contributed by atoms with Crippen molar-refractivity contribution in [1.29, 1.82) is 0 Å². The highest BCUT2D eigenvalue weighted by Gasteiger charge is 2.49. The molecule has 1 fully saturated rings. The molecule has 1 unspecified atom stereocenters. The van der Waals surface area contributed by atoms with E-state index in [1.54, 1.807) is 35.6 Å². The molecule has 34 heavy (non-hydrogen) atoms. The van der Waals surface area contributed by atoms with Gasteiger partial charge >= 0.3 is 6.36 Å². The standard InChI is InChI=1S/C22H19F3N8O/c1-2-21-7-4-9-33(21)18-16(32-13-28-30-19(21)32)12-27-20(29-18)31-10-8-26-17(31)14-5-3-6-15(11-14)34-22(23,24)25/h3,5-6,8,10-13H,2,4,7,9H2,1H3. The smallest absolute Gasteiger partial charge is 0.406 e. The first-order valence-electron chi connectivity index (χ1n) is 10.8. The van der Waals surface area contributed by atoms with E-state index in [4.69, 9.17) is 4.98 Å². The maximum atomic E-state index is 12.7. The van der Waals surface area contributed by atoms with E-state index in [0.717, 1.165) is 43.1 Å². The van der Waals surface area contributed by atoms with Crippen molar-refractivity contribution in [3.05, 3.63) is 55.0 Å². The van der Waals surface area contributed by atoms with Crippen molar-refractivity contribution in [2.24, 2.45) is 0 Å². The average Bonchev–Trinajstić information content (AvgIpc) is 3.57. The molecule has 1 saturated heterocycles. The third kappa shape index (κ3) is 3.05. The van der Waals surface area contributed by atoms with Crippen LogP contribution in [-0.2, 0) is 5.54 Å². The fourth-order valence-electron chi connectivity index (χ4n) is 5.03. The second-order valence-corrected chi connectivity index (χ2v) is 8.24. The van der Waals surface area contributed by atoms with Crippen molar-refractivity contribution in [1.82, 2.24) is 34.3 Å². The number of benzene rings is 1. The van der Waals surface area contributed by atoms with Crippen LogP contribution in [0.2, 0.25) is 0 Å². The summed E-state index contributed by atoms with van der Waals surface area (Å²) in [5.74, 6) is 2.10. The van der Waals surface area contributed by atoms with Crippen LogP contribution in [0.5, 0.6) is 5.75 Å². The lowest BCUT2D eigenvalue weighted by Crippen LogP contribution is -2.46. The van der Waals surface area contributed by atoms with Crippen LogP contribution >= 0.6 is 0 Å². The molecule has 0 saturated carbocycles. The summed E-state index contributed by atoms with van der Waals surface area (Å²) in [4.78, 5) is 16.0. The Kier molecular flexibility index (Phi) is 4.41. The molecular weight excluding hydrogens is 449 g/mol. The maximum Gasteiger partial charge on any atom is 0.573 e. The number of rotatable bonds is 4. The van der Waals surface area contributed by atoms with E-state index in [2.05, 4.69) is 36.7 Å². The molecular formula is C22H19F3N8O. The van der Waals surface area contributed by atoms with E-state index >= 15 is 0 Å². The molecule has 2 aliphatic heterocycles. The summed E-state index contributed by atoms with van der Waals surface area (Å²) in [7, 11) is 0. The van der Waals surface area contributed by atoms with Crippen LogP contribution in [0.3, 0.4) is 0 Å². The van der Waals surface area contributed by atoms with Gasteiger partial charge in [-0.3, -0.25) is 9.13 Å². The lowest BCUT2D eigenvalue weighted by Gasteiger charge is -2.42. The molecule has 3 aromatic heterocycles.